The number of fused-ring (bicyclic) bond motifs is 1. The molecular formula is C22H16ClN3O5. The topological polar surface area (TPSA) is 98.7 Å². The number of carbonyl (C=O) groups is 1. The maximum Gasteiger partial charge on any atom is 0.349 e. The maximum atomic E-state index is 12.8. The van der Waals surface area contributed by atoms with Crippen LogP contribution in [0.4, 0.5) is 0 Å². The van der Waals surface area contributed by atoms with Crippen LogP contribution >= 0.6 is 11.6 Å². The number of likely N-dealkylation sites (tertiary alicyclic amines) is 1. The fourth-order valence-electron chi connectivity index (χ4n) is 3.54. The van der Waals surface area contributed by atoms with Gasteiger partial charge in [-0.1, -0.05) is 41.0 Å². The van der Waals surface area contributed by atoms with Crippen LogP contribution in [0.1, 0.15) is 22.2 Å². The van der Waals surface area contributed by atoms with Crippen molar-refractivity contribution in [2.75, 3.05) is 20.2 Å². The molecule has 0 unspecified atom stereocenters. The summed E-state index contributed by atoms with van der Waals surface area (Å²) in [5, 5.41) is 5.19. The van der Waals surface area contributed by atoms with Gasteiger partial charge in [-0.3, -0.25) is 4.79 Å². The van der Waals surface area contributed by atoms with Crippen molar-refractivity contribution in [3.63, 3.8) is 0 Å². The first-order valence-electron chi connectivity index (χ1n) is 9.53. The van der Waals surface area contributed by atoms with Gasteiger partial charge in [-0.05, 0) is 24.3 Å². The lowest BCUT2D eigenvalue weighted by molar-refractivity contribution is 0.0565. The first-order chi connectivity index (χ1) is 15.0. The molecule has 4 aromatic rings. The van der Waals surface area contributed by atoms with Gasteiger partial charge in [0.05, 0.1) is 13.0 Å². The van der Waals surface area contributed by atoms with E-state index >= 15 is 0 Å². The average Bonchev–Trinajstić information content (AvgIpc) is 3.21. The zero-order valence-corrected chi connectivity index (χ0v) is 17.1. The van der Waals surface area contributed by atoms with Crippen molar-refractivity contribution in [2.45, 2.75) is 5.92 Å². The van der Waals surface area contributed by atoms with Crippen LogP contribution in [-0.2, 0) is 0 Å². The molecular weight excluding hydrogens is 422 g/mol. The van der Waals surface area contributed by atoms with E-state index in [1.807, 2.05) is 12.1 Å². The second-order valence-corrected chi connectivity index (χ2v) is 7.64. The first kappa shape index (κ1) is 19.3. The monoisotopic (exact) mass is 437 g/mol. The zero-order chi connectivity index (χ0) is 21.5. The molecule has 0 atom stereocenters. The molecule has 156 valence electrons. The standard InChI is InChI=1S/C22H16ClN3O5/c1-29-17-7-3-4-12-9-16(22(28)30-18(12)17)21(27)26-10-14(11-26)20-24-19(25-31-20)13-5-2-6-15(23)8-13/h2-9,14H,10-11H2,1H3. The fourth-order valence-corrected chi connectivity index (χ4v) is 3.73. The second kappa shape index (κ2) is 7.55. The van der Waals surface area contributed by atoms with Crippen LogP contribution in [0.5, 0.6) is 5.75 Å². The lowest BCUT2D eigenvalue weighted by Gasteiger charge is -2.36. The molecule has 1 amide bonds. The summed E-state index contributed by atoms with van der Waals surface area (Å²) < 4.78 is 15.9. The average molecular weight is 438 g/mol. The van der Waals surface area contributed by atoms with Crippen molar-refractivity contribution in [1.82, 2.24) is 15.0 Å². The summed E-state index contributed by atoms with van der Waals surface area (Å²) in [6.07, 6.45) is 0. The third kappa shape index (κ3) is 3.44. The van der Waals surface area contributed by atoms with Crippen LogP contribution in [0.25, 0.3) is 22.4 Å². The van der Waals surface area contributed by atoms with E-state index in [1.54, 1.807) is 35.2 Å². The SMILES string of the molecule is COc1cccc2cc(C(=O)N3CC(c4nc(-c5cccc(Cl)c5)no4)C3)c(=O)oc12. The minimum Gasteiger partial charge on any atom is -0.493 e. The van der Waals surface area contributed by atoms with E-state index in [9.17, 15) is 9.59 Å². The molecule has 1 saturated heterocycles. The quantitative estimate of drug-likeness (QED) is 0.448. The summed E-state index contributed by atoms with van der Waals surface area (Å²) in [5.41, 5.74) is 0.335. The molecule has 0 radical (unpaired) electrons. The molecule has 3 heterocycles. The van der Waals surface area contributed by atoms with E-state index in [4.69, 9.17) is 25.3 Å². The Kier molecular flexibility index (Phi) is 4.71. The van der Waals surface area contributed by atoms with E-state index in [0.717, 1.165) is 5.56 Å². The molecule has 8 nitrogen and oxygen atoms in total. The van der Waals surface area contributed by atoms with E-state index in [-0.39, 0.29) is 11.5 Å². The van der Waals surface area contributed by atoms with E-state index in [0.29, 0.717) is 46.5 Å². The van der Waals surface area contributed by atoms with Crippen molar-refractivity contribution in [2.24, 2.45) is 0 Å². The van der Waals surface area contributed by atoms with Crippen LogP contribution in [0.2, 0.25) is 5.02 Å². The Balaban J connectivity index is 1.33. The molecule has 2 aromatic carbocycles. The first-order valence-corrected chi connectivity index (χ1v) is 9.91. The van der Waals surface area contributed by atoms with E-state index in [2.05, 4.69) is 10.1 Å². The number of benzene rings is 2. The van der Waals surface area contributed by atoms with Crippen LogP contribution in [0.15, 0.2) is 62.3 Å². The minimum absolute atomic E-state index is 0.0238. The summed E-state index contributed by atoms with van der Waals surface area (Å²) in [4.78, 5) is 31.2. The largest absolute Gasteiger partial charge is 0.493 e. The highest BCUT2D eigenvalue weighted by molar-refractivity contribution is 6.30. The van der Waals surface area contributed by atoms with Crippen LogP contribution in [0, 0.1) is 0 Å². The number of carbonyl (C=O) groups excluding carboxylic acids is 1. The van der Waals surface area contributed by atoms with Crippen LogP contribution in [-0.4, -0.2) is 41.1 Å². The number of halogens is 1. The fraction of sp³-hybridized carbons (Fsp3) is 0.182. The summed E-state index contributed by atoms with van der Waals surface area (Å²) >= 11 is 6.01. The lowest BCUT2D eigenvalue weighted by atomic mass is 9.99. The molecule has 0 aliphatic carbocycles. The van der Waals surface area contributed by atoms with Gasteiger partial charge in [-0.2, -0.15) is 4.98 Å². The van der Waals surface area contributed by atoms with Gasteiger partial charge < -0.3 is 18.6 Å². The summed E-state index contributed by atoms with van der Waals surface area (Å²) in [6, 6.07) is 13.9. The third-order valence-corrected chi connectivity index (χ3v) is 5.45. The maximum absolute atomic E-state index is 12.8. The van der Waals surface area contributed by atoms with Gasteiger partial charge in [0.1, 0.15) is 5.56 Å². The van der Waals surface area contributed by atoms with E-state index < -0.39 is 11.5 Å². The number of hydrogen-bond acceptors (Lipinski definition) is 7. The second-order valence-electron chi connectivity index (χ2n) is 7.20. The number of nitrogens with zero attached hydrogens (tertiary/aromatic N) is 3. The van der Waals surface area contributed by atoms with Gasteiger partial charge in [-0.25, -0.2) is 4.79 Å². The number of aromatic nitrogens is 2. The number of hydrogen-bond donors (Lipinski definition) is 0. The Morgan fingerprint density at radius 1 is 1.19 bits per heavy atom. The molecule has 0 N–H and O–H groups in total. The van der Waals surface area contributed by atoms with Crippen LogP contribution in [0.3, 0.4) is 0 Å². The highest BCUT2D eigenvalue weighted by atomic mass is 35.5. The van der Waals surface area contributed by atoms with Crippen LogP contribution < -0.4 is 10.4 Å². The molecule has 9 heteroatoms. The van der Waals surface area contributed by atoms with Gasteiger partial charge >= 0.3 is 5.63 Å². The van der Waals surface area contributed by atoms with E-state index in [1.165, 1.54) is 13.2 Å². The van der Waals surface area contributed by atoms with Crippen molar-refractivity contribution in [3.05, 3.63) is 75.4 Å². The minimum atomic E-state index is -0.702. The molecule has 1 aliphatic rings. The predicted octanol–water partition coefficient (Wildman–Crippen LogP) is 3.74. The Morgan fingerprint density at radius 2 is 2.00 bits per heavy atom. The summed E-state index contributed by atoms with van der Waals surface area (Å²) in [7, 11) is 1.49. The normalized spacial score (nSPS) is 13.9. The Hall–Kier alpha value is -3.65. The highest BCUT2D eigenvalue weighted by Gasteiger charge is 2.37. The van der Waals surface area contributed by atoms with Crippen molar-refractivity contribution >= 4 is 28.5 Å². The number of methoxy groups -OCH3 is 1. The Morgan fingerprint density at radius 3 is 2.77 bits per heavy atom. The third-order valence-electron chi connectivity index (χ3n) is 5.22. The molecule has 1 aliphatic heterocycles. The highest BCUT2D eigenvalue weighted by Crippen LogP contribution is 2.30. The van der Waals surface area contributed by atoms with Gasteiger partial charge in [0.25, 0.3) is 5.91 Å². The van der Waals surface area contributed by atoms with Gasteiger partial charge in [-0.15, -0.1) is 0 Å². The van der Waals surface area contributed by atoms with Gasteiger partial charge in [0, 0.05) is 29.1 Å². The van der Waals surface area contributed by atoms with Gasteiger partial charge in [0.2, 0.25) is 11.7 Å². The molecule has 0 spiro atoms. The van der Waals surface area contributed by atoms with Crippen molar-refractivity contribution in [1.29, 1.82) is 0 Å². The van der Waals surface area contributed by atoms with Crippen molar-refractivity contribution < 1.29 is 18.5 Å². The zero-order valence-electron chi connectivity index (χ0n) is 16.4. The Bertz CT molecular complexity index is 1360. The number of para-hydroxylation sites is 1. The lowest BCUT2D eigenvalue weighted by Crippen LogP contribution is -2.49. The molecule has 1 fully saturated rings. The molecule has 5 rings (SSSR count). The Labute approximate surface area is 181 Å². The molecule has 0 saturated carbocycles. The number of rotatable bonds is 4. The summed E-state index contributed by atoms with van der Waals surface area (Å²) in [5.74, 6) is 0.812. The molecule has 2 aromatic heterocycles. The smallest absolute Gasteiger partial charge is 0.349 e. The molecule has 31 heavy (non-hydrogen) atoms. The number of amides is 1. The predicted molar refractivity (Wildman–Crippen MR) is 112 cm³/mol. The number of ether oxygens (including phenoxy) is 1. The summed E-state index contributed by atoms with van der Waals surface area (Å²) in [6.45, 7) is 0.733. The van der Waals surface area contributed by atoms with Crippen molar-refractivity contribution in [3.8, 4) is 17.1 Å². The molecule has 0 bridgehead atoms. The van der Waals surface area contributed by atoms with Gasteiger partial charge in [0.15, 0.2) is 11.3 Å².